The molecule has 0 saturated heterocycles. The summed E-state index contributed by atoms with van der Waals surface area (Å²) in [6.07, 6.45) is 8.64. The quantitative estimate of drug-likeness (QED) is 0.642. The lowest BCUT2D eigenvalue weighted by Crippen LogP contribution is -2.25. The Hall–Kier alpha value is -1.22. The minimum atomic E-state index is 0.985. The molecule has 0 fully saturated rings. The summed E-state index contributed by atoms with van der Waals surface area (Å²) in [4.78, 5) is 10.6. The van der Waals surface area contributed by atoms with Gasteiger partial charge >= 0.3 is 0 Å². The van der Waals surface area contributed by atoms with Crippen LogP contribution in [0.5, 0.6) is 0 Å². The third-order valence-corrected chi connectivity index (χ3v) is 2.23. The van der Waals surface area contributed by atoms with Gasteiger partial charge in [0.05, 0.1) is 11.9 Å². The van der Waals surface area contributed by atoms with E-state index in [-0.39, 0.29) is 0 Å². The van der Waals surface area contributed by atoms with E-state index in [2.05, 4.69) is 28.0 Å². The van der Waals surface area contributed by atoms with Crippen LogP contribution in [0.3, 0.4) is 0 Å². The normalized spacial score (nSPS) is 18.4. The largest absolute Gasteiger partial charge is 0.302 e. The van der Waals surface area contributed by atoms with Crippen molar-refractivity contribution in [2.45, 2.75) is 6.42 Å². The van der Waals surface area contributed by atoms with E-state index in [1.54, 1.807) is 12.4 Å². The Kier molecular flexibility index (Phi) is 2.36. The number of rotatable bonds is 1. The van der Waals surface area contributed by atoms with Gasteiger partial charge in [-0.25, -0.2) is 0 Å². The third kappa shape index (κ3) is 1.92. The topological polar surface area (TPSA) is 29.0 Å². The van der Waals surface area contributed by atoms with E-state index in [0.29, 0.717) is 0 Å². The molecule has 0 aliphatic carbocycles. The lowest BCUT2D eigenvalue weighted by atomic mass is 10.1. The molecule has 1 aliphatic heterocycles. The Morgan fingerprint density at radius 2 is 2.31 bits per heavy atom. The van der Waals surface area contributed by atoms with Gasteiger partial charge < -0.3 is 4.90 Å². The Morgan fingerprint density at radius 3 is 3.00 bits per heavy atom. The smallest absolute Gasteiger partial charge is 0.0854 e. The van der Waals surface area contributed by atoms with Crippen molar-refractivity contribution in [3.63, 3.8) is 0 Å². The molecule has 0 radical (unpaired) electrons. The number of hydrogen-bond donors (Lipinski definition) is 0. The molecule has 0 N–H and O–H groups in total. The Morgan fingerprint density at radius 1 is 1.38 bits per heavy atom. The average Bonchev–Trinajstić information content (AvgIpc) is 2.19. The second-order valence-corrected chi connectivity index (χ2v) is 3.35. The number of aromatic nitrogens is 2. The molecule has 0 unspecified atom stereocenters. The molecule has 1 aliphatic rings. The van der Waals surface area contributed by atoms with Crippen LogP contribution < -0.4 is 0 Å². The Bertz CT molecular complexity index is 305. The molecule has 1 aromatic heterocycles. The van der Waals surface area contributed by atoms with Gasteiger partial charge in [0.2, 0.25) is 0 Å². The number of nitrogens with zero attached hydrogens (tertiary/aromatic N) is 3. The zero-order valence-corrected chi connectivity index (χ0v) is 7.77. The van der Waals surface area contributed by atoms with Crippen LogP contribution in [0.15, 0.2) is 24.7 Å². The highest BCUT2D eigenvalue weighted by Crippen LogP contribution is 2.16. The van der Waals surface area contributed by atoms with Crippen LogP contribution in [0, 0.1) is 0 Å². The van der Waals surface area contributed by atoms with Gasteiger partial charge in [-0.2, -0.15) is 0 Å². The Labute approximate surface area is 78.1 Å². The molecule has 0 saturated carbocycles. The van der Waals surface area contributed by atoms with Crippen molar-refractivity contribution in [1.29, 1.82) is 0 Å². The SMILES string of the molecule is CN1CCC=C(c2cnccn2)C1. The molecule has 2 rings (SSSR count). The maximum Gasteiger partial charge on any atom is 0.0854 e. The highest BCUT2D eigenvalue weighted by Gasteiger charge is 2.10. The fourth-order valence-corrected chi connectivity index (χ4v) is 1.54. The maximum atomic E-state index is 4.28. The van der Waals surface area contributed by atoms with Gasteiger partial charge in [0.1, 0.15) is 0 Å². The molecule has 13 heavy (non-hydrogen) atoms. The summed E-state index contributed by atoms with van der Waals surface area (Å²) in [6.45, 7) is 2.13. The maximum absolute atomic E-state index is 4.28. The van der Waals surface area contributed by atoms with Gasteiger partial charge in [0.25, 0.3) is 0 Å². The summed E-state index contributed by atoms with van der Waals surface area (Å²) in [5, 5.41) is 0. The average molecular weight is 175 g/mol. The molecule has 3 nitrogen and oxygen atoms in total. The Balaban J connectivity index is 2.22. The van der Waals surface area contributed by atoms with Crippen LogP contribution in [0.1, 0.15) is 12.1 Å². The van der Waals surface area contributed by atoms with Gasteiger partial charge in [-0.15, -0.1) is 0 Å². The van der Waals surface area contributed by atoms with E-state index in [0.717, 1.165) is 25.2 Å². The van der Waals surface area contributed by atoms with E-state index in [1.165, 1.54) is 5.57 Å². The first-order valence-corrected chi connectivity index (χ1v) is 4.50. The molecule has 0 amide bonds. The van der Waals surface area contributed by atoms with Gasteiger partial charge in [0, 0.05) is 25.5 Å². The van der Waals surface area contributed by atoms with Crippen molar-refractivity contribution in [3.8, 4) is 0 Å². The van der Waals surface area contributed by atoms with Crippen LogP contribution in [0.25, 0.3) is 5.57 Å². The highest BCUT2D eigenvalue weighted by molar-refractivity contribution is 5.63. The first kappa shape index (κ1) is 8.38. The van der Waals surface area contributed by atoms with Crippen molar-refractivity contribution in [1.82, 2.24) is 14.9 Å². The van der Waals surface area contributed by atoms with Crippen molar-refractivity contribution in [2.75, 3.05) is 20.1 Å². The third-order valence-electron chi connectivity index (χ3n) is 2.23. The summed E-state index contributed by atoms with van der Waals surface area (Å²) in [5.41, 5.74) is 2.30. The second kappa shape index (κ2) is 3.66. The lowest BCUT2D eigenvalue weighted by molar-refractivity contribution is 0.372. The molecule has 0 aromatic carbocycles. The van der Waals surface area contributed by atoms with Crippen LogP contribution >= 0.6 is 0 Å². The van der Waals surface area contributed by atoms with E-state index >= 15 is 0 Å². The van der Waals surface area contributed by atoms with Crippen LogP contribution in [-0.2, 0) is 0 Å². The van der Waals surface area contributed by atoms with Gasteiger partial charge in [-0.1, -0.05) is 6.08 Å². The van der Waals surface area contributed by atoms with E-state index in [9.17, 15) is 0 Å². The predicted octanol–water partition coefficient (Wildman–Crippen LogP) is 1.20. The zero-order valence-electron chi connectivity index (χ0n) is 7.77. The monoisotopic (exact) mass is 175 g/mol. The molecule has 0 atom stereocenters. The summed E-state index contributed by atoms with van der Waals surface area (Å²) in [5.74, 6) is 0. The lowest BCUT2D eigenvalue weighted by Gasteiger charge is -2.22. The van der Waals surface area contributed by atoms with Crippen LogP contribution in [0.4, 0.5) is 0 Å². The first-order chi connectivity index (χ1) is 6.36. The molecular formula is C10H13N3. The predicted molar refractivity (Wildman–Crippen MR) is 52.1 cm³/mol. The summed E-state index contributed by atoms with van der Waals surface area (Å²) < 4.78 is 0. The van der Waals surface area contributed by atoms with E-state index in [4.69, 9.17) is 0 Å². The highest BCUT2D eigenvalue weighted by atomic mass is 15.1. The summed E-state index contributed by atoms with van der Waals surface area (Å²) >= 11 is 0. The molecule has 0 spiro atoms. The van der Waals surface area contributed by atoms with E-state index < -0.39 is 0 Å². The minimum absolute atomic E-state index is 0.985. The molecule has 0 bridgehead atoms. The first-order valence-electron chi connectivity index (χ1n) is 4.50. The molecule has 1 aromatic rings. The second-order valence-electron chi connectivity index (χ2n) is 3.35. The van der Waals surface area contributed by atoms with Crippen molar-refractivity contribution in [3.05, 3.63) is 30.4 Å². The van der Waals surface area contributed by atoms with Crippen molar-refractivity contribution < 1.29 is 0 Å². The van der Waals surface area contributed by atoms with Crippen molar-refractivity contribution in [2.24, 2.45) is 0 Å². The number of hydrogen-bond acceptors (Lipinski definition) is 3. The molecule has 2 heterocycles. The molecule has 3 heteroatoms. The summed E-state index contributed by atoms with van der Waals surface area (Å²) in [7, 11) is 2.13. The fraction of sp³-hybridized carbons (Fsp3) is 0.400. The summed E-state index contributed by atoms with van der Waals surface area (Å²) in [6, 6.07) is 0. The van der Waals surface area contributed by atoms with Crippen LogP contribution in [0.2, 0.25) is 0 Å². The minimum Gasteiger partial charge on any atom is -0.302 e. The van der Waals surface area contributed by atoms with Gasteiger partial charge in [0.15, 0.2) is 0 Å². The molecule has 68 valence electrons. The standard InChI is InChI=1S/C10H13N3/c1-13-6-2-3-9(8-13)10-7-11-4-5-12-10/h3-5,7H,2,6,8H2,1H3. The molecular weight excluding hydrogens is 162 g/mol. The number of likely N-dealkylation sites (N-methyl/N-ethyl adjacent to an activating group) is 1. The van der Waals surface area contributed by atoms with Crippen LogP contribution in [-0.4, -0.2) is 35.0 Å². The fourth-order valence-electron chi connectivity index (χ4n) is 1.54. The van der Waals surface area contributed by atoms with Gasteiger partial charge in [-0.3, -0.25) is 9.97 Å². The van der Waals surface area contributed by atoms with Gasteiger partial charge in [-0.05, 0) is 19.0 Å². The van der Waals surface area contributed by atoms with E-state index in [1.807, 2.05) is 6.20 Å². The van der Waals surface area contributed by atoms with Crippen molar-refractivity contribution >= 4 is 5.57 Å². The zero-order chi connectivity index (χ0) is 9.10.